The molecular formula is C11H15BrO4. The monoisotopic (exact) mass is 290 g/mol. The number of hydrogen-bond acceptors (Lipinski definition) is 4. The van der Waals surface area contributed by atoms with Crippen LogP contribution in [0.2, 0.25) is 0 Å². The van der Waals surface area contributed by atoms with Gasteiger partial charge in [0.2, 0.25) is 0 Å². The van der Waals surface area contributed by atoms with E-state index in [4.69, 9.17) is 19.3 Å². The molecule has 0 aromatic heterocycles. The standard InChI is InChI=1S/C11H15BrO4/c1-3-15-7-16-11-9(12)4-8(6-13)5-10(11)14-2/h4-5,13H,3,6-7H2,1-2H3. The first kappa shape index (κ1) is 13.3. The fourth-order valence-corrected chi connectivity index (χ4v) is 1.79. The van der Waals surface area contributed by atoms with Gasteiger partial charge in [0.1, 0.15) is 0 Å². The molecule has 16 heavy (non-hydrogen) atoms. The lowest BCUT2D eigenvalue weighted by Gasteiger charge is -2.13. The third kappa shape index (κ3) is 3.37. The smallest absolute Gasteiger partial charge is 0.189 e. The zero-order valence-corrected chi connectivity index (χ0v) is 10.9. The highest BCUT2D eigenvalue weighted by atomic mass is 79.9. The molecule has 0 saturated carbocycles. The number of rotatable bonds is 6. The molecule has 0 fully saturated rings. The Labute approximate surface area is 103 Å². The minimum absolute atomic E-state index is 0.0410. The van der Waals surface area contributed by atoms with Gasteiger partial charge in [-0.1, -0.05) is 0 Å². The van der Waals surface area contributed by atoms with E-state index in [1.807, 2.05) is 6.92 Å². The summed E-state index contributed by atoms with van der Waals surface area (Å²) < 4.78 is 16.4. The molecule has 4 nitrogen and oxygen atoms in total. The summed E-state index contributed by atoms with van der Waals surface area (Å²) in [4.78, 5) is 0. The normalized spacial score (nSPS) is 10.2. The topological polar surface area (TPSA) is 47.9 Å². The van der Waals surface area contributed by atoms with Gasteiger partial charge < -0.3 is 19.3 Å². The molecule has 0 radical (unpaired) electrons. The summed E-state index contributed by atoms with van der Waals surface area (Å²) in [5, 5.41) is 9.05. The molecule has 1 aromatic carbocycles. The van der Waals surface area contributed by atoms with Gasteiger partial charge in [0.05, 0.1) is 18.2 Å². The summed E-state index contributed by atoms with van der Waals surface area (Å²) in [6.45, 7) is 2.61. The zero-order valence-electron chi connectivity index (χ0n) is 9.33. The van der Waals surface area contributed by atoms with Gasteiger partial charge in [-0.15, -0.1) is 0 Å². The summed E-state index contributed by atoms with van der Waals surface area (Å²) in [7, 11) is 1.55. The van der Waals surface area contributed by atoms with Crippen LogP contribution in [0.25, 0.3) is 0 Å². The Balaban J connectivity index is 2.88. The van der Waals surface area contributed by atoms with Crippen molar-refractivity contribution in [3.8, 4) is 11.5 Å². The van der Waals surface area contributed by atoms with Crippen molar-refractivity contribution in [1.29, 1.82) is 0 Å². The van der Waals surface area contributed by atoms with Crippen molar-refractivity contribution >= 4 is 15.9 Å². The molecule has 1 aromatic rings. The highest BCUT2D eigenvalue weighted by molar-refractivity contribution is 9.10. The van der Waals surface area contributed by atoms with Gasteiger partial charge in [0.25, 0.3) is 0 Å². The average molecular weight is 291 g/mol. The van der Waals surface area contributed by atoms with E-state index in [1.165, 1.54) is 0 Å². The molecule has 1 N–H and O–H groups in total. The summed E-state index contributed by atoms with van der Waals surface area (Å²) in [5.41, 5.74) is 0.757. The van der Waals surface area contributed by atoms with Crippen LogP contribution in [0, 0.1) is 0 Å². The predicted molar refractivity (Wildman–Crippen MR) is 63.7 cm³/mol. The second kappa shape index (κ2) is 6.73. The first-order chi connectivity index (χ1) is 7.72. The number of ether oxygens (including phenoxy) is 3. The van der Waals surface area contributed by atoms with Crippen LogP contribution in [0.15, 0.2) is 16.6 Å². The molecule has 0 aliphatic heterocycles. The highest BCUT2D eigenvalue weighted by Crippen LogP contribution is 2.36. The van der Waals surface area contributed by atoms with E-state index in [9.17, 15) is 0 Å². The minimum atomic E-state index is -0.0410. The van der Waals surface area contributed by atoms with Crippen LogP contribution in [-0.4, -0.2) is 25.6 Å². The maximum atomic E-state index is 9.05. The fraction of sp³-hybridized carbons (Fsp3) is 0.455. The van der Waals surface area contributed by atoms with Crippen LogP contribution in [0.5, 0.6) is 11.5 Å². The number of aliphatic hydroxyl groups excluding tert-OH is 1. The Kier molecular flexibility index (Phi) is 5.59. The summed E-state index contributed by atoms with van der Waals surface area (Å²) in [6.07, 6.45) is 0. The van der Waals surface area contributed by atoms with Crippen LogP contribution in [0.3, 0.4) is 0 Å². The third-order valence-corrected chi connectivity index (χ3v) is 2.55. The van der Waals surface area contributed by atoms with Crippen molar-refractivity contribution in [2.24, 2.45) is 0 Å². The fourth-order valence-electron chi connectivity index (χ4n) is 1.19. The maximum Gasteiger partial charge on any atom is 0.189 e. The van der Waals surface area contributed by atoms with E-state index >= 15 is 0 Å². The molecule has 0 aliphatic carbocycles. The highest BCUT2D eigenvalue weighted by Gasteiger charge is 2.11. The molecule has 1 rings (SSSR count). The Morgan fingerprint density at radius 3 is 2.69 bits per heavy atom. The van der Waals surface area contributed by atoms with Crippen molar-refractivity contribution in [2.75, 3.05) is 20.5 Å². The number of benzene rings is 1. The Morgan fingerprint density at radius 1 is 1.38 bits per heavy atom. The second-order valence-corrected chi connectivity index (χ2v) is 3.88. The first-order valence-electron chi connectivity index (χ1n) is 4.90. The molecule has 90 valence electrons. The molecule has 0 spiro atoms. The van der Waals surface area contributed by atoms with Gasteiger partial charge in [-0.25, -0.2) is 0 Å². The van der Waals surface area contributed by atoms with E-state index in [0.29, 0.717) is 18.1 Å². The molecule has 0 bridgehead atoms. The lowest BCUT2D eigenvalue weighted by Crippen LogP contribution is -2.04. The van der Waals surface area contributed by atoms with E-state index in [-0.39, 0.29) is 13.4 Å². The first-order valence-corrected chi connectivity index (χ1v) is 5.70. The quantitative estimate of drug-likeness (QED) is 0.645. The Morgan fingerprint density at radius 2 is 2.12 bits per heavy atom. The summed E-state index contributed by atoms with van der Waals surface area (Å²) in [5.74, 6) is 1.14. The lowest BCUT2D eigenvalue weighted by molar-refractivity contribution is 0.0204. The van der Waals surface area contributed by atoms with Crippen molar-refractivity contribution < 1.29 is 19.3 Å². The average Bonchev–Trinajstić information content (AvgIpc) is 2.30. The van der Waals surface area contributed by atoms with Crippen LogP contribution in [-0.2, 0) is 11.3 Å². The molecule has 0 amide bonds. The van der Waals surface area contributed by atoms with Crippen molar-refractivity contribution in [2.45, 2.75) is 13.5 Å². The molecule has 0 heterocycles. The van der Waals surface area contributed by atoms with Crippen molar-refractivity contribution in [3.05, 3.63) is 22.2 Å². The Bertz CT molecular complexity index is 341. The molecule has 0 unspecified atom stereocenters. The predicted octanol–water partition coefficient (Wildman–Crippen LogP) is 2.32. The minimum Gasteiger partial charge on any atom is -0.493 e. The molecule has 0 atom stereocenters. The third-order valence-electron chi connectivity index (χ3n) is 1.96. The van der Waals surface area contributed by atoms with E-state index in [0.717, 1.165) is 10.0 Å². The van der Waals surface area contributed by atoms with Gasteiger partial charge >= 0.3 is 0 Å². The number of halogens is 1. The van der Waals surface area contributed by atoms with Gasteiger partial charge in [-0.3, -0.25) is 0 Å². The zero-order chi connectivity index (χ0) is 12.0. The van der Waals surface area contributed by atoms with Crippen molar-refractivity contribution in [1.82, 2.24) is 0 Å². The van der Waals surface area contributed by atoms with E-state index in [1.54, 1.807) is 19.2 Å². The Hall–Kier alpha value is -0.780. The van der Waals surface area contributed by atoms with Gasteiger partial charge in [-0.2, -0.15) is 0 Å². The van der Waals surface area contributed by atoms with Gasteiger partial charge in [0, 0.05) is 6.61 Å². The largest absolute Gasteiger partial charge is 0.493 e. The van der Waals surface area contributed by atoms with Crippen LogP contribution < -0.4 is 9.47 Å². The van der Waals surface area contributed by atoms with Crippen LogP contribution >= 0.6 is 15.9 Å². The lowest BCUT2D eigenvalue weighted by atomic mass is 10.2. The summed E-state index contributed by atoms with van der Waals surface area (Å²) in [6, 6.07) is 3.51. The number of aliphatic hydroxyl groups is 1. The van der Waals surface area contributed by atoms with Gasteiger partial charge in [0.15, 0.2) is 18.3 Å². The molecular weight excluding hydrogens is 276 g/mol. The maximum absolute atomic E-state index is 9.05. The van der Waals surface area contributed by atoms with Gasteiger partial charge in [-0.05, 0) is 40.5 Å². The summed E-state index contributed by atoms with van der Waals surface area (Å²) >= 11 is 3.36. The second-order valence-electron chi connectivity index (χ2n) is 3.02. The van der Waals surface area contributed by atoms with Crippen LogP contribution in [0.4, 0.5) is 0 Å². The molecule has 5 heteroatoms. The van der Waals surface area contributed by atoms with Crippen molar-refractivity contribution in [3.63, 3.8) is 0 Å². The molecule has 0 aliphatic rings. The van der Waals surface area contributed by atoms with E-state index in [2.05, 4.69) is 15.9 Å². The SMILES string of the molecule is CCOCOc1c(Br)cc(CO)cc1OC. The van der Waals surface area contributed by atoms with E-state index < -0.39 is 0 Å². The molecule has 0 saturated heterocycles. The van der Waals surface area contributed by atoms with Crippen LogP contribution in [0.1, 0.15) is 12.5 Å². The number of hydrogen-bond donors (Lipinski definition) is 1. The number of methoxy groups -OCH3 is 1.